The zero-order valence-electron chi connectivity index (χ0n) is 29.2. The van der Waals surface area contributed by atoms with Crippen molar-refractivity contribution in [2.75, 3.05) is 7.11 Å². The first-order chi connectivity index (χ1) is 22.4. The van der Waals surface area contributed by atoms with Crippen LogP contribution in [0.5, 0.6) is 0 Å². The molecule has 12 nitrogen and oxygen atoms in total. The van der Waals surface area contributed by atoms with Gasteiger partial charge in [-0.3, -0.25) is 9.59 Å². The van der Waals surface area contributed by atoms with Gasteiger partial charge in [0.1, 0.15) is 23.7 Å². The van der Waals surface area contributed by atoms with Crippen LogP contribution in [0.15, 0.2) is 23.3 Å². The van der Waals surface area contributed by atoms with Crippen LogP contribution in [0.2, 0.25) is 0 Å². The first-order valence-corrected chi connectivity index (χ1v) is 17.4. The zero-order valence-corrected chi connectivity index (χ0v) is 29.2. The van der Waals surface area contributed by atoms with E-state index in [4.69, 9.17) is 23.7 Å². The maximum atomic E-state index is 13.8. The van der Waals surface area contributed by atoms with Gasteiger partial charge in [0.25, 0.3) is 0 Å². The third kappa shape index (κ3) is 7.04. The van der Waals surface area contributed by atoms with Crippen molar-refractivity contribution < 1.29 is 58.5 Å². The first kappa shape index (κ1) is 37.1. The molecule has 48 heavy (non-hydrogen) atoms. The molecule has 4 aliphatic heterocycles. The van der Waals surface area contributed by atoms with Crippen LogP contribution in [0.4, 0.5) is 0 Å². The Morgan fingerprint density at radius 2 is 1.62 bits per heavy atom. The van der Waals surface area contributed by atoms with Gasteiger partial charge in [-0.25, -0.2) is 4.79 Å². The van der Waals surface area contributed by atoms with Crippen LogP contribution in [0.3, 0.4) is 0 Å². The van der Waals surface area contributed by atoms with Gasteiger partial charge in [-0.2, -0.15) is 0 Å². The fraction of sp³-hybridized carbons (Fsp3) is 0.806. The molecule has 0 unspecified atom stereocenters. The second-order valence-corrected chi connectivity index (χ2v) is 15.4. The van der Waals surface area contributed by atoms with Crippen LogP contribution in [-0.4, -0.2) is 99.1 Å². The number of hydrogen-bond donors (Lipinski definition) is 4. The zero-order chi connectivity index (χ0) is 35.3. The summed E-state index contributed by atoms with van der Waals surface area (Å²) in [5.74, 6) is -9.72. The third-order valence-electron chi connectivity index (χ3n) is 11.7. The quantitative estimate of drug-likeness (QED) is 0.191. The van der Waals surface area contributed by atoms with Crippen molar-refractivity contribution in [2.45, 2.75) is 147 Å². The second kappa shape index (κ2) is 13.8. The molecule has 270 valence electrons. The van der Waals surface area contributed by atoms with E-state index in [9.17, 15) is 34.8 Å². The van der Waals surface area contributed by atoms with Crippen molar-refractivity contribution >= 4 is 17.7 Å². The standard InChI is InChI=1S/C36H54O12/c1-18(2)12-24-15-27-20(4)29(45-24)17-36(43)32-31(39)19(3)10-11-34(32,41)21(5)26(47-36)9-8-25(37)28-13-23(14-30(38)44-7)16-35(42,48-28)22(6)33(40)46-27/h12,14,19-22,24-29,32,37,41-43H,8-11,13,15-17H2,1-7H3/b23-14-/t19-,20+,21-,22-,24-,25-,26-,27+,28-,29+,32-,34-,35+,36+/m1/s1. The maximum absolute atomic E-state index is 13.8. The summed E-state index contributed by atoms with van der Waals surface area (Å²) in [6.07, 6.45) is -0.695. The smallest absolute Gasteiger partial charge is 0.330 e. The predicted octanol–water partition coefficient (Wildman–Crippen LogP) is 2.88. The molecule has 14 atom stereocenters. The van der Waals surface area contributed by atoms with Crippen molar-refractivity contribution in [3.05, 3.63) is 23.3 Å². The van der Waals surface area contributed by atoms with Crippen LogP contribution < -0.4 is 0 Å². The molecular weight excluding hydrogens is 624 g/mol. The Kier molecular flexibility index (Phi) is 10.7. The topological polar surface area (TPSA) is 178 Å². The molecule has 5 rings (SSSR count). The molecule has 4 heterocycles. The minimum absolute atomic E-state index is 0.0717. The van der Waals surface area contributed by atoms with E-state index >= 15 is 0 Å². The minimum Gasteiger partial charge on any atom is -0.466 e. The molecule has 5 aliphatic rings. The Morgan fingerprint density at radius 1 is 0.938 bits per heavy atom. The lowest BCUT2D eigenvalue weighted by atomic mass is 9.58. The minimum atomic E-state index is -2.11. The van der Waals surface area contributed by atoms with Crippen molar-refractivity contribution in [1.82, 2.24) is 0 Å². The van der Waals surface area contributed by atoms with Crippen LogP contribution >= 0.6 is 0 Å². The highest BCUT2D eigenvalue weighted by Crippen LogP contribution is 2.54. The van der Waals surface area contributed by atoms with Crippen LogP contribution in [0.1, 0.15) is 92.9 Å². The Bertz CT molecular complexity index is 1310. The van der Waals surface area contributed by atoms with Crippen molar-refractivity contribution in [2.24, 2.45) is 29.6 Å². The molecule has 0 aromatic heterocycles. The van der Waals surface area contributed by atoms with Gasteiger partial charge in [0.05, 0.1) is 43.2 Å². The summed E-state index contributed by atoms with van der Waals surface area (Å²) in [6.45, 7) is 10.8. The molecular formula is C36H54O12. The Labute approximate surface area is 282 Å². The van der Waals surface area contributed by atoms with Crippen molar-refractivity contribution in [3.63, 3.8) is 0 Å². The number of ether oxygens (including phenoxy) is 5. The Morgan fingerprint density at radius 3 is 2.29 bits per heavy atom. The van der Waals surface area contributed by atoms with Gasteiger partial charge in [-0.15, -0.1) is 0 Å². The number of rotatable bonds is 2. The van der Waals surface area contributed by atoms with E-state index in [-0.39, 0.29) is 50.2 Å². The van der Waals surface area contributed by atoms with Crippen LogP contribution in [0.25, 0.3) is 0 Å². The number of ketones is 1. The maximum Gasteiger partial charge on any atom is 0.330 e. The largest absolute Gasteiger partial charge is 0.466 e. The van der Waals surface area contributed by atoms with E-state index in [2.05, 4.69) is 0 Å². The van der Waals surface area contributed by atoms with Crippen LogP contribution in [-0.2, 0) is 38.1 Å². The fourth-order valence-electron chi connectivity index (χ4n) is 8.60. The number of aliphatic hydroxyl groups is 4. The van der Waals surface area contributed by atoms with E-state index in [0.29, 0.717) is 18.4 Å². The summed E-state index contributed by atoms with van der Waals surface area (Å²) < 4.78 is 30.0. The fourth-order valence-corrected chi connectivity index (χ4v) is 8.60. The average molecular weight is 679 g/mol. The van der Waals surface area contributed by atoms with E-state index in [1.54, 1.807) is 13.8 Å². The summed E-state index contributed by atoms with van der Waals surface area (Å²) in [5.41, 5.74) is -0.165. The number of methoxy groups -OCH3 is 1. The highest BCUT2D eigenvalue weighted by molar-refractivity contribution is 5.86. The molecule has 0 aromatic carbocycles. The number of esters is 2. The molecule has 12 heteroatoms. The van der Waals surface area contributed by atoms with Gasteiger partial charge in [0.2, 0.25) is 0 Å². The number of carbonyl (C=O) groups excluding carboxylic acids is 3. The van der Waals surface area contributed by atoms with Gasteiger partial charge in [0, 0.05) is 43.1 Å². The Balaban J connectivity index is 1.59. The highest BCUT2D eigenvalue weighted by Gasteiger charge is 2.65. The van der Waals surface area contributed by atoms with Gasteiger partial charge in [-0.1, -0.05) is 38.0 Å². The molecule has 1 aliphatic carbocycles. The number of hydrogen-bond acceptors (Lipinski definition) is 12. The van der Waals surface area contributed by atoms with E-state index in [1.807, 2.05) is 26.8 Å². The Hall–Kier alpha value is -2.19. The lowest BCUT2D eigenvalue weighted by Crippen LogP contribution is -2.70. The highest BCUT2D eigenvalue weighted by atomic mass is 16.6. The number of carbonyl (C=O) groups is 3. The van der Waals surface area contributed by atoms with Gasteiger partial charge in [-0.05, 0) is 52.9 Å². The molecule has 5 fully saturated rings. The van der Waals surface area contributed by atoms with E-state index < -0.39 is 89.4 Å². The summed E-state index contributed by atoms with van der Waals surface area (Å²) >= 11 is 0. The molecule has 0 amide bonds. The van der Waals surface area contributed by atoms with Gasteiger partial charge in [0.15, 0.2) is 11.6 Å². The summed E-state index contributed by atoms with van der Waals surface area (Å²) in [7, 11) is 1.23. The van der Waals surface area contributed by atoms with E-state index in [0.717, 1.165) is 5.57 Å². The lowest BCUT2D eigenvalue weighted by Gasteiger charge is -2.58. The SMILES string of the molecule is COC(=O)/C=C1/C[C@H]2O[C@@](O)(C1)[C@H](C)C(=O)O[C@H]1C[C@@H](C=C(C)C)O[C@@H](C[C@]3(O)O[C@H](CC[C@H]2O)[C@@H](C)[C@]2(O)CC[C@@H](C)C(=O)[C@H]23)[C@H]1C. The molecule has 4 saturated heterocycles. The summed E-state index contributed by atoms with van der Waals surface area (Å²) in [5, 5.41) is 48.0. The molecule has 6 bridgehead atoms. The molecule has 1 saturated carbocycles. The predicted molar refractivity (Wildman–Crippen MR) is 171 cm³/mol. The first-order valence-electron chi connectivity index (χ1n) is 17.4. The van der Waals surface area contributed by atoms with Gasteiger partial charge >= 0.3 is 11.9 Å². The molecule has 0 radical (unpaired) electrons. The number of allylic oxidation sites excluding steroid dienone is 1. The van der Waals surface area contributed by atoms with Crippen molar-refractivity contribution in [3.8, 4) is 0 Å². The number of fused-ring (bicyclic) bond motifs is 8. The molecule has 0 spiro atoms. The van der Waals surface area contributed by atoms with Crippen molar-refractivity contribution in [1.29, 1.82) is 0 Å². The molecule has 4 N–H and O–H groups in total. The number of Topliss-reactive ketones (excluding diaryl/α,β-unsaturated/α-hetero) is 1. The second-order valence-electron chi connectivity index (χ2n) is 15.4. The van der Waals surface area contributed by atoms with Gasteiger partial charge < -0.3 is 44.1 Å². The number of aliphatic hydroxyl groups excluding tert-OH is 1. The lowest BCUT2D eigenvalue weighted by molar-refractivity contribution is -0.355. The van der Waals surface area contributed by atoms with Crippen LogP contribution in [0, 0.1) is 29.6 Å². The summed E-state index contributed by atoms with van der Waals surface area (Å²) in [4.78, 5) is 39.8. The van der Waals surface area contributed by atoms with E-state index in [1.165, 1.54) is 20.1 Å². The normalized spacial score (nSPS) is 47.8. The summed E-state index contributed by atoms with van der Waals surface area (Å²) in [6, 6.07) is 0. The third-order valence-corrected chi connectivity index (χ3v) is 11.7. The molecule has 0 aromatic rings. The monoisotopic (exact) mass is 678 g/mol. The average Bonchev–Trinajstić information content (AvgIpc) is 3.01.